The van der Waals surface area contributed by atoms with E-state index in [0.29, 0.717) is 47.8 Å². The minimum Gasteiger partial charge on any atom is -0.358 e. The van der Waals surface area contributed by atoms with Crippen LogP contribution in [0.1, 0.15) is 230 Å². The second-order valence-electron chi connectivity index (χ2n) is 39.8. The smallest absolute Gasteiger partial charge is 0.200 e. The molecule has 5 aromatic heterocycles. The zero-order chi connectivity index (χ0) is 91.9. The lowest BCUT2D eigenvalue weighted by atomic mass is 9.88. The fourth-order valence-corrected chi connectivity index (χ4v) is 22.1. The van der Waals surface area contributed by atoms with E-state index < -0.39 is 0 Å². The van der Waals surface area contributed by atoms with Gasteiger partial charge in [-0.2, -0.15) is 13.2 Å². The molecule has 15 nitrogen and oxygen atoms in total. The Kier molecular flexibility index (Phi) is 23.0. The Hall–Kier alpha value is -12.8. The molecule has 5 atom stereocenters. The molecule has 0 radical (unpaired) electrons. The van der Waals surface area contributed by atoms with Crippen LogP contribution in [-0.4, -0.2) is 113 Å². The highest BCUT2D eigenvalue weighted by Crippen LogP contribution is 2.52. The number of para-hydroxylation sites is 6. The van der Waals surface area contributed by atoms with Gasteiger partial charge in [-0.3, -0.25) is 22.8 Å². The molecule has 676 valence electrons. The van der Waals surface area contributed by atoms with Crippen LogP contribution in [0.2, 0.25) is 0 Å². The van der Waals surface area contributed by atoms with Gasteiger partial charge in [0.1, 0.15) is 59.9 Å². The topological polar surface area (TPSA) is 57.1 Å². The number of hydrogen-bond acceptors (Lipinski definition) is 10. The average Bonchev–Trinajstić information content (AvgIpc) is 1.55. The minimum absolute atomic E-state index is 0.165. The van der Waals surface area contributed by atoms with Gasteiger partial charge < -0.3 is 49.0 Å². The SMILES string of the molecule is CC(C)c1cc(-c2ccccc2)cc(C(C)C)c1-n1c(F)cc2c1N1C=CN(C)C1C2.CC(C)c1cccc(C(C)C)c1-n1c(F)cc2c1N1C=CN(C)C1C2.CC(C)c1cccc(C(C)C)c1-n1c2c(c3ccccc31)CC1N(C)C=CN21.CC(C)c1ccccc1-n1c(F)cc2c1N1C=CN(C)C1C2.CC(C)c1ccccc1-n1c2c(c3ccccc31)CC1N(C)C=CN21. The molecular weight excluding hydrogens is 1620 g/mol. The van der Waals surface area contributed by atoms with Gasteiger partial charge >= 0.3 is 0 Å². The largest absolute Gasteiger partial charge is 0.358 e. The molecule has 0 amide bonds. The summed E-state index contributed by atoms with van der Waals surface area (Å²) in [7, 11) is 10.6. The van der Waals surface area contributed by atoms with Crippen LogP contribution in [0.25, 0.3) is 61.4 Å². The number of halogens is 3. The Bertz CT molecular complexity index is 6600. The van der Waals surface area contributed by atoms with E-state index in [1.807, 2.05) is 39.6 Å². The van der Waals surface area contributed by atoms with Crippen molar-refractivity contribution in [2.24, 2.45) is 0 Å². The van der Waals surface area contributed by atoms with E-state index in [-0.39, 0.29) is 48.2 Å². The Labute approximate surface area is 773 Å². The third kappa shape index (κ3) is 14.8. The summed E-state index contributed by atoms with van der Waals surface area (Å²) in [6, 6.07) is 68.0. The molecule has 0 saturated heterocycles. The second kappa shape index (κ2) is 34.5. The van der Waals surface area contributed by atoms with Crippen molar-refractivity contribution in [1.29, 1.82) is 0 Å². The van der Waals surface area contributed by atoms with Crippen LogP contribution in [0.4, 0.5) is 42.3 Å². The molecule has 18 heteroatoms. The standard InChI is InChI=1S/C27H30FN3.C25H29N3.C22H23N3.C21H26FN3.C18H20FN3/c1-17(2)22-13-20(19-9-7-6-8-10-19)14-23(18(3)4)26(22)31-24(28)15-21-16-25-29(5)11-12-30(25)27(21)31;1-16(2)18-10-8-11-19(17(3)4)24(18)28-22-12-7-6-9-20(22)21-15-23-26(5)13-14-27(23)25(21)28;1-15(2)16-8-4-6-10-19(16)25-20-11-7-5-9-17(20)18-14-21-23(3)12-13-24(21)22(18)25;1-13(2)16-7-6-8-17(14(3)4)20(16)25-18(22)11-15-12-19-23(5)9-10-24(19)21(15)25;1-12(2)14-6-4-5-7-15(14)22-16(19)10-13-11-17-20(3)8-9-21(17)18(13)22/h6-15,17-18,25H,16H2,1-5H3;6-14,16-17,23H,15H2,1-5H3;4-13,15,21H,14H2,1-3H3;6-11,13-14,19H,12H2,1-5H3;4-10,12,17H,11H2,1-3H3. The highest BCUT2D eigenvalue weighted by Gasteiger charge is 2.45. The monoisotopic (exact) mass is 1750 g/mol. The Morgan fingerprint density at radius 1 is 0.237 bits per heavy atom. The summed E-state index contributed by atoms with van der Waals surface area (Å²) >= 11 is 0. The van der Waals surface area contributed by atoms with Crippen molar-refractivity contribution in [3.63, 3.8) is 0 Å². The number of benzene rings is 8. The number of anilines is 5. The first-order chi connectivity index (χ1) is 63.0. The lowest BCUT2D eigenvalue weighted by Crippen LogP contribution is -2.34. The van der Waals surface area contributed by atoms with Crippen LogP contribution in [0.5, 0.6) is 0 Å². The summed E-state index contributed by atoms with van der Waals surface area (Å²) in [6.45, 7) is 35.6. The molecule has 5 unspecified atom stereocenters. The van der Waals surface area contributed by atoms with Crippen molar-refractivity contribution in [2.75, 3.05) is 59.7 Å². The van der Waals surface area contributed by atoms with Gasteiger partial charge in [0.15, 0.2) is 17.8 Å². The van der Waals surface area contributed by atoms with Gasteiger partial charge in [0.25, 0.3) is 0 Å². The molecule has 0 aliphatic carbocycles. The summed E-state index contributed by atoms with van der Waals surface area (Å²) < 4.78 is 55.9. The Morgan fingerprint density at radius 2 is 0.511 bits per heavy atom. The van der Waals surface area contributed by atoms with Crippen LogP contribution in [0.15, 0.2) is 256 Å². The number of rotatable bonds is 14. The highest BCUT2D eigenvalue weighted by molar-refractivity contribution is 5.96. The maximum absolute atomic E-state index is 15.5. The first-order valence-corrected chi connectivity index (χ1v) is 47.6. The number of nitrogens with zero attached hydrogens (tertiary/aromatic N) is 15. The summed E-state index contributed by atoms with van der Waals surface area (Å²) in [5, 5.41) is 2.77. The van der Waals surface area contributed by atoms with Gasteiger partial charge in [-0.05, 0) is 158 Å². The van der Waals surface area contributed by atoms with E-state index in [2.05, 4.69) is 412 Å². The molecule has 8 aromatic carbocycles. The molecule has 0 bridgehead atoms. The lowest BCUT2D eigenvalue weighted by molar-refractivity contribution is 0.366. The third-order valence-electron chi connectivity index (χ3n) is 28.9. The van der Waals surface area contributed by atoms with Crippen molar-refractivity contribution in [1.82, 2.24) is 47.3 Å². The van der Waals surface area contributed by atoms with Crippen LogP contribution < -0.4 is 24.5 Å². The molecule has 23 rings (SSSR count). The summed E-state index contributed by atoms with van der Waals surface area (Å²) in [4.78, 5) is 22.7. The van der Waals surface area contributed by atoms with Gasteiger partial charge in [-0.25, -0.2) is 0 Å². The molecule has 0 fully saturated rings. The molecule has 10 aliphatic heterocycles. The molecule has 10 aliphatic rings. The number of likely N-dealkylation sites (N-methyl/N-ethyl adjacent to an activating group) is 5. The number of aromatic nitrogens is 5. The average molecular weight is 1750 g/mol. The number of fused-ring (bicyclic) bond motifs is 19. The maximum atomic E-state index is 15.5. The van der Waals surface area contributed by atoms with Crippen LogP contribution in [0.3, 0.4) is 0 Å². The first-order valence-electron chi connectivity index (χ1n) is 47.6. The van der Waals surface area contributed by atoms with Crippen LogP contribution in [0, 0.1) is 17.8 Å². The lowest BCUT2D eigenvalue weighted by Gasteiger charge is -2.28. The second-order valence-corrected chi connectivity index (χ2v) is 39.8. The zero-order valence-electron chi connectivity index (χ0n) is 80.1. The Morgan fingerprint density at radius 3 is 0.885 bits per heavy atom. The van der Waals surface area contributed by atoms with Gasteiger partial charge in [-0.1, -0.05) is 250 Å². The van der Waals surface area contributed by atoms with Crippen molar-refractivity contribution in [2.45, 2.75) is 221 Å². The van der Waals surface area contributed by atoms with Gasteiger partial charge in [0.2, 0.25) is 0 Å². The van der Waals surface area contributed by atoms with E-state index in [4.69, 9.17) is 0 Å². The van der Waals surface area contributed by atoms with E-state index in [9.17, 15) is 4.39 Å². The van der Waals surface area contributed by atoms with Crippen molar-refractivity contribution in [3.8, 4) is 39.6 Å². The molecular formula is C113H128F3N15. The molecule has 15 heterocycles. The predicted molar refractivity (Wildman–Crippen MR) is 536 cm³/mol. The number of hydrogen-bond donors (Lipinski definition) is 0. The zero-order valence-corrected chi connectivity index (χ0v) is 80.1. The molecule has 0 saturated carbocycles. The molecule has 13 aromatic rings. The summed E-state index contributed by atoms with van der Waals surface area (Å²) in [5.74, 6) is 8.06. The fraction of sp³-hybridized carbons (Fsp3) is 0.345. The van der Waals surface area contributed by atoms with Gasteiger partial charge in [-0.15, -0.1) is 0 Å². The van der Waals surface area contributed by atoms with E-state index in [1.165, 1.54) is 112 Å². The maximum Gasteiger partial charge on any atom is 0.200 e. The van der Waals surface area contributed by atoms with Crippen molar-refractivity contribution in [3.05, 3.63) is 346 Å². The molecule has 131 heavy (non-hydrogen) atoms. The van der Waals surface area contributed by atoms with E-state index in [0.717, 1.165) is 83.3 Å². The predicted octanol–water partition coefficient (Wildman–Crippen LogP) is 26.3. The highest BCUT2D eigenvalue weighted by atomic mass is 19.1. The summed E-state index contributed by atoms with van der Waals surface area (Å²) in [5.41, 5.74) is 27.0. The summed E-state index contributed by atoms with van der Waals surface area (Å²) in [6.07, 6.45) is 27.5. The molecule has 0 N–H and O–H groups in total. The Balaban J connectivity index is 0.000000106. The van der Waals surface area contributed by atoms with Gasteiger partial charge in [0, 0.05) is 168 Å². The minimum atomic E-state index is -0.181. The van der Waals surface area contributed by atoms with E-state index in [1.54, 1.807) is 22.8 Å². The van der Waals surface area contributed by atoms with E-state index >= 15 is 8.78 Å². The fourth-order valence-electron chi connectivity index (χ4n) is 22.1. The quantitative estimate of drug-likeness (QED) is 0.105. The van der Waals surface area contributed by atoms with Crippen molar-refractivity contribution >= 4 is 50.9 Å². The van der Waals surface area contributed by atoms with Crippen molar-refractivity contribution < 1.29 is 13.2 Å². The van der Waals surface area contributed by atoms with Crippen LogP contribution >= 0.6 is 0 Å². The molecule has 0 spiro atoms. The van der Waals surface area contributed by atoms with Gasteiger partial charge in [0.05, 0.1) is 39.5 Å². The third-order valence-corrected chi connectivity index (χ3v) is 28.9. The van der Waals surface area contributed by atoms with Crippen LogP contribution in [-0.2, 0) is 32.1 Å². The normalized spacial score (nSPS) is 18.2. The first kappa shape index (κ1) is 87.5.